The standard InChI is InChI=1S/C11H23NO2.C2H6/c1-8(2)12(9(3)4)10(13)14-11(5,6)7;1-2/h8-9H,1-7H3;1-2H3. The van der Waals surface area contributed by atoms with Crippen molar-refractivity contribution in [2.75, 3.05) is 0 Å². The molecule has 0 heterocycles. The number of hydrogen-bond acceptors (Lipinski definition) is 2. The van der Waals surface area contributed by atoms with Crippen LogP contribution < -0.4 is 0 Å². The van der Waals surface area contributed by atoms with Gasteiger partial charge in [0.2, 0.25) is 0 Å². The van der Waals surface area contributed by atoms with Gasteiger partial charge in [0.25, 0.3) is 0 Å². The normalized spacial score (nSPS) is 10.9. The van der Waals surface area contributed by atoms with Crippen LogP contribution in [0, 0.1) is 0 Å². The minimum absolute atomic E-state index is 0.171. The van der Waals surface area contributed by atoms with Gasteiger partial charge in [-0.3, -0.25) is 0 Å². The van der Waals surface area contributed by atoms with Crippen molar-refractivity contribution in [2.45, 2.75) is 80.0 Å². The highest BCUT2D eigenvalue weighted by Gasteiger charge is 2.25. The van der Waals surface area contributed by atoms with Crippen molar-refractivity contribution in [3.8, 4) is 0 Å². The van der Waals surface area contributed by atoms with Crippen molar-refractivity contribution in [1.29, 1.82) is 0 Å². The Balaban J connectivity index is 0. The van der Waals surface area contributed by atoms with Crippen LogP contribution in [0.4, 0.5) is 4.79 Å². The summed E-state index contributed by atoms with van der Waals surface area (Å²) in [5.74, 6) is 0. The SMILES string of the molecule is CC.CC(C)N(C(=O)OC(C)(C)C)C(C)C. The first kappa shape index (κ1) is 17.7. The molecule has 16 heavy (non-hydrogen) atoms. The zero-order valence-electron chi connectivity index (χ0n) is 12.4. The van der Waals surface area contributed by atoms with Gasteiger partial charge in [-0.1, -0.05) is 13.8 Å². The van der Waals surface area contributed by atoms with E-state index in [2.05, 4.69) is 0 Å². The lowest BCUT2D eigenvalue weighted by molar-refractivity contribution is 0.0122. The molecule has 0 fully saturated rings. The van der Waals surface area contributed by atoms with E-state index in [0.717, 1.165) is 0 Å². The first-order valence-corrected chi connectivity index (χ1v) is 6.16. The predicted molar refractivity (Wildman–Crippen MR) is 69.7 cm³/mol. The maximum absolute atomic E-state index is 11.7. The van der Waals surface area contributed by atoms with Crippen molar-refractivity contribution in [2.24, 2.45) is 0 Å². The Hall–Kier alpha value is -0.730. The Morgan fingerprint density at radius 1 is 1.00 bits per heavy atom. The third kappa shape index (κ3) is 7.55. The van der Waals surface area contributed by atoms with Crippen LogP contribution in [0.1, 0.15) is 62.3 Å². The monoisotopic (exact) mass is 231 g/mol. The van der Waals surface area contributed by atoms with Gasteiger partial charge in [0.05, 0.1) is 0 Å². The second-order valence-corrected chi connectivity index (χ2v) is 5.08. The highest BCUT2D eigenvalue weighted by molar-refractivity contribution is 5.68. The average molecular weight is 231 g/mol. The molecule has 1 amide bonds. The van der Waals surface area contributed by atoms with Crippen molar-refractivity contribution in [1.82, 2.24) is 4.90 Å². The first-order chi connectivity index (χ1) is 7.15. The van der Waals surface area contributed by atoms with Gasteiger partial charge in [-0.05, 0) is 48.5 Å². The molecule has 3 nitrogen and oxygen atoms in total. The molecular weight excluding hydrogens is 202 g/mol. The van der Waals surface area contributed by atoms with Gasteiger partial charge < -0.3 is 9.64 Å². The van der Waals surface area contributed by atoms with Gasteiger partial charge in [0, 0.05) is 12.1 Å². The van der Waals surface area contributed by atoms with E-state index in [0.29, 0.717) is 0 Å². The number of amides is 1. The number of rotatable bonds is 2. The Labute approximate surface area is 101 Å². The minimum Gasteiger partial charge on any atom is -0.444 e. The maximum Gasteiger partial charge on any atom is 0.410 e. The van der Waals surface area contributed by atoms with Crippen LogP contribution >= 0.6 is 0 Å². The molecule has 0 aromatic rings. The predicted octanol–water partition coefficient (Wildman–Crippen LogP) is 4.07. The quantitative estimate of drug-likeness (QED) is 0.717. The van der Waals surface area contributed by atoms with Gasteiger partial charge in [-0.2, -0.15) is 0 Å². The molecule has 98 valence electrons. The first-order valence-electron chi connectivity index (χ1n) is 6.16. The van der Waals surface area contributed by atoms with E-state index in [4.69, 9.17) is 4.74 Å². The molecule has 3 heteroatoms. The van der Waals surface area contributed by atoms with Crippen molar-refractivity contribution < 1.29 is 9.53 Å². The lowest BCUT2D eigenvalue weighted by atomic mass is 10.2. The van der Waals surface area contributed by atoms with E-state index in [-0.39, 0.29) is 18.2 Å². The highest BCUT2D eigenvalue weighted by atomic mass is 16.6. The van der Waals surface area contributed by atoms with E-state index >= 15 is 0 Å². The summed E-state index contributed by atoms with van der Waals surface area (Å²) in [6.45, 7) is 17.6. The molecule has 0 unspecified atom stereocenters. The van der Waals surface area contributed by atoms with E-state index in [1.165, 1.54) is 0 Å². The fourth-order valence-corrected chi connectivity index (χ4v) is 1.33. The van der Waals surface area contributed by atoms with Gasteiger partial charge >= 0.3 is 6.09 Å². The van der Waals surface area contributed by atoms with Crippen LogP contribution in [0.5, 0.6) is 0 Å². The number of hydrogen-bond donors (Lipinski definition) is 0. The number of ether oxygens (including phenoxy) is 1. The zero-order valence-corrected chi connectivity index (χ0v) is 12.4. The molecule has 0 spiro atoms. The Morgan fingerprint density at radius 3 is 1.50 bits per heavy atom. The largest absolute Gasteiger partial charge is 0.444 e. The molecule has 0 saturated carbocycles. The van der Waals surface area contributed by atoms with Crippen molar-refractivity contribution in [3.63, 3.8) is 0 Å². The van der Waals surface area contributed by atoms with Crippen LogP contribution in [0.3, 0.4) is 0 Å². The van der Waals surface area contributed by atoms with Crippen molar-refractivity contribution >= 4 is 6.09 Å². The second-order valence-electron chi connectivity index (χ2n) is 5.08. The smallest absolute Gasteiger partial charge is 0.410 e. The van der Waals surface area contributed by atoms with E-state index in [1.807, 2.05) is 62.3 Å². The Kier molecular flexibility index (Phi) is 8.31. The summed E-state index contributed by atoms with van der Waals surface area (Å²) >= 11 is 0. The minimum atomic E-state index is -0.418. The third-order valence-corrected chi connectivity index (χ3v) is 1.72. The van der Waals surface area contributed by atoms with Gasteiger partial charge in [0.15, 0.2) is 0 Å². The summed E-state index contributed by atoms with van der Waals surface area (Å²) in [6.07, 6.45) is -0.234. The topological polar surface area (TPSA) is 29.5 Å². The molecule has 0 bridgehead atoms. The molecule has 0 N–H and O–H groups in total. The lowest BCUT2D eigenvalue weighted by Gasteiger charge is -2.32. The summed E-state index contributed by atoms with van der Waals surface area (Å²) < 4.78 is 5.31. The molecule has 0 rings (SSSR count). The summed E-state index contributed by atoms with van der Waals surface area (Å²) in [6, 6.07) is 0.342. The molecule has 0 saturated heterocycles. The van der Waals surface area contributed by atoms with Crippen LogP contribution in [0.25, 0.3) is 0 Å². The number of carbonyl (C=O) groups is 1. The molecular formula is C13H29NO2. The molecule has 0 aliphatic rings. The molecule has 0 aliphatic heterocycles. The molecule has 0 radical (unpaired) electrons. The summed E-state index contributed by atoms with van der Waals surface area (Å²) in [5, 5.41) is 0. The van der Waals surface area contributed by atoms with Gasteiger partial charge in [-0.15, -0.1) is 0 Å². The van der Waals surface area contributed by atoms with Crippen LogP contribution in [0.2, 0.25) is 0 Å². The molecule has 0 atom stereocenters. The van der Waals surface area contributed by atoms with Crippen LogP contribution in [-0.4, -0.2) is 28.7 Å². The lowest BCUT2D eigenvalue weighted by Crippen LogP contribution is -2.44. The van der Waals surface area contributed by atoms with E-state index in [1.54, 1.807) is 4.90 Å². The third-order valence-electron chi connectivity index (χ3n) is 1.72. The molecule has 0 aromatic heterocycles. The number of nitrogens with zero attached hydrogens (tertiary/aromatic N) is 1. The highest BCUT2D eigenvalue weighted by Crippen LogP contribution is 2.14. The van der Waals surface area contributed by atoms with E-state index < -0.39 is 5.60 Å². The van der Waals surface area contributed by atoms with E-state index in [9.17, 15) is 4.79 Å². The fourth-order valence-electron chi connectivity index (χ4n) is 1.33. The maximum atomic E-state index is 11.7. The summed E-state index contributed by atoms with van der Waals surface area (Å²) in [5.41, 5.74) is -0.418. The van der Waals surface area contributed by atoms with Crippen molar-refractivity contribution in [3.05, 3.63) is 0 Å². The Morgan fingerprint density at radius 2 is 1.31 bits per heavy atom. The summed E-state index contributed by atoms with van der Waals surface area (Å²) in [7, 11) is 0. The summed E-state index contributed by atoms with van der Waals surface area (Å²) in [4.78, 5) is 13.5. The van der Waals surface area contributed by atoms with Crippen LogP contribution in [-0.2, 0) is 4.74 Å². The molecule has 0 aliphatic carbocycles. The zero-order chi connectivity index (χ0) is 13.5. The average Bonchev–Trinajstić information content (AvgIpc) is 2.02. The second kappa shape index (κ2) is 7.53. The molecule has 0 aromatic carbocycles. The van der Waals surface area contributed by atoms with Crippen LogP contribution in [0.15, 0.2) is 0 Å². The fraction of sp³-hybridized carbons (Fsp3) is 0.923. The number of carbonyl (C=O) groups excluding carboxylic acids is 1. The Bertz CT molecular complexity index is 185. The van der Waals surface area contributed by atoms with Gasteiger partial charge in [0.1, 0.15) is 5.60 Å². The van der Waals surface area contributed by atoms with Gasteiger partial charge in [-0.25, -0.2) is 4.79 Å².